The molecule has 0 aromatic heterocycles. The zero-order chi connectivity index (χ0) is 21.1. The Morgan fingerprint density at radius 2 is 1.04 bits per heavy atom. The summed E-state index contributed by atoms with van der Waals surface area (Å²) in [5, 5.41) is 13.4. The summed E-state index contributed by atoms with van der Waals surface area (Å²) in [4.78, 5) is 81.7. The fraction of sp³-hybridized carbons (Fsp3) is 0.533. The second-order valence-corrected chi connectivity index (χ2v) is 5.85. The topological polar surface area (TPSA) is 192 Å². The monoisotopic (exact) mass is 398 g/mol. The molecule has 1 aliphatic heterocycles. The molecule has 0 radical (unpaired) electrons. The number of hydrogen-bond donors (Lipinski definition) is 6. The average Bonchev–Trinajstić information content (AvgIpc) is 2.63. The minimum absolute atomic E-state index is 0.314. The number of carbonyl (C=O) groups is 7. The number of amides is 6. The summed E-state index contributed by atoms with van der Waals surface area (Å²) in [5.74, 6) is -4.54. The molecule has 0 saturated carbocycles. The molecule has 0 aromatic rings. The Labute approximate surface area is 159 Å². The Morgan fingerprint density at radius 1 is 0.679 bits per heavy atom. The highest BCUT2D eigenvalue weighted by Crippen LogP contribution is 1.94. The van der Waals surface area contributed by atoms with E-state index in [4.69, 9.17) is 0 Å². The minimum Gasteiger partial charge on any atom is -0.346 e. The third-order valence-corrected chi connectivity index (χ3v) is 3.35. The highest BCUT2D eigenvalue weighted by Gasteiger charge is 2.23. The summed E-state index contributed by atoms with van der Waals surface area (Å²) in [7, 11) is 0. The SMILES string of the molecule is CC(=O)C[C@@H]1NC(=O)CNC(=O)CNC(=O)CNC(=O)CNC(=O)CNC1=O. The second-order valence-electron chi connectivity index (χ2n) is 5.85. The van der Waals surface area contributed by atoms with Crippen LogP contribution in [0.2, 0.25) is 0 Å². The van der Waals surface area contributed by atoms with Gasteiger partial charge in [-0.05, 0) is 6.92 Å². The maximum Gasteiger partial charge on any atom is 0.243 e. The van der Waals surface area contributed by atoms with Crippen molar-refractivity contribution in [1.82, 2.24) is 31.9 Å². The molecule has 1 rings (SSSR count). The summed E-state index contributed by atoms with van der Waals surface area (Å²) in [6, 6.07) is -1.24. The Morgan fingerprint density at radius 3 is 1.43 bits per heavy atom. The molecule has 13 nitrogen and oxygen atoms in total. The number of hydrogen-bond acceptors (Lipinski definition) is 7. The van der Waals surface area contributed by atoms with Crippen molar-refractivity contribution in [3.63, 3.8) is 0 Å². The fourth-order valence-electron chi connectivity index (χ4n) is 2.00. The van der Waals surface area contributed by atoms with E-state index in [1.807, 2.05) is 0 Å². The molecule has 1 atom stereocenters. The van der Waals surface area contributed by atoms with Gasteiger partial charge in [-0.15, -0.1) is 0 Å². The van der Waals surface area contributed by atoms with Crippen LogP contribution in [0, 0.1) is 0 Å². The highest BCUT2D eigenvalue weighted by molar-refractivity contribution is 5.96. The number of ketones is 1. The van der Waals surface area contributed by atoms with Crippen LogP contribution in [0.4, 0.5) is 0 Å². The molecular formula is C15H22N6O7. The van der Waals surface area contributed by atoms with Gasteiger partial charge >= 0.3 is 0 Å². The van der Waals surface area contributed by atoms with E-state index in [0.29, 0.717) is 0 Å². The molecule has 0 aliphatic carbocycles. The summed E-state index contributed by atoms with van der Waals surface area (Å²) >= 11 is 0. The Kier molecular flexibility index (Phi) is 9.06. The van der Waals surface area contributed by atoms with E-state index < -0.39 is 74.2 Å². The van der Waals surface area contributed by atoms with Gasteiger partial charge < -0.3 is 31.9 Å². The average molecular weight is 398 g/mol. The quantitative estimate of drug-likeness (QED) is 0.268. The summed E-state index contributed by atoms with van der Waals surface area (Å²) in [5.41, 5.74) is 0. The van der Waals surface area contributed by atoms with E-state index >= 15 is 0 Å². The molecule has 0 spiro atoms. The van der Waals surface area contributed by atoms with E-state index in [9.17, 15) is 33.6 Å². The van der Waals surface area contributed by atoms with Gasteiger partial charge in [-0.3, -0.25) is 33.6 Å². The maximum absolute atomic E-state index is 12.1. The van der Waals surface area contributed by atoms with Gasteiger partial charge in [-0.25, -0.2) is 0 Å². The molecule has 6 amide bonds. The molecule has 1 saturated heterocycles. The van der Waals surface area contributed by atoms with Gasteiger partial charge in [0.1, 0.15) is 11.8 Å². The van der Waals surface area contributed by atoms with Gasteiger partial charge in [0.05, 0.1) is 32.7 Å². The first kappa shape index (κ1) is 22.5. The van der Waals surface area contributed by atoms with E-state index in [1.165, 1.54) is 6.92 Å². The van der Waals surface area contributed by atoms with Crippen molar-refractivity contribution in [3.8, 4) is 0 Å². The largest absolute Gasteiger partial charge is 0.346 e. The molecule has 28 heavy (non-hydrogen) atoms. The molecular weight excluding hydrogens is 376 g/mol. The zero-order valence-corrected chi connectivity index (χ0v) is 15.2. The van der Waals surface area contributed by atoms with Gasteiger partial charge in [0.25, 0.3) is 0 Å². The summed E-state index contributed by atoms with van der Waals surface area (Å²) in [6.45, 7) is -1.04. The van der Waals surface area contributed by atoms with Crippen molar-refractivity contribution in [3.05, 3.63) is 0 Å². The predicted octanol–water partition coefficient (Wildman–Crippen LogP) is -4.96. The van der Waals surface area contributed by atoms with Crippen LogP contribution in [-0.2, 0) is 33.6 Å². The molecule has 0 bridgehead atoms. The van der Waals surface area contributed by atoms with Gasteiger partial charge in [0, 0.05) is 6.42 Å². The van der Waals surface area contributed by atoms with Crippen molar-refractivity contribution in [2.24, 2.45) is 0 Å². The molecule has 0 unspecified atom stereocenters. The van der Waals surface area contributed by atoms with Crippen LogP contribution in [0.1, 0.15) is 13.3 Å². The molecule has 0 aromatic carbocycles. The highest BCUT2D eigenvalue weighted by atomic mass is 16.2. The van der Waals surface area contributed by atoms with E-state index in [2.05, 4.69) is 31.9 Å². The first-order valence-corrected chi connectivity index (χ1v) is 8.30. The van der Waals surface area contributed by atoms with Crippen LogP contribution in [-0.4, -0.2) is 80.0 Å². The van der Waals surface area contributed by atoms with Gasteiger partial charge in [0.2, 0.25) is 35.4 Å². The van der Waals surface area contributed by atoms with Gasteiger partial charge in [0.15, 0.2) is 0 Å². The number of nitrogens with one attached hydrogen (secondary N) is 6. The molecule has 1 fully saturated rings. The number of rotatable bonds is 2. The van der Waals surface area contributed by atoms with Crippen molar-refractivity contribution in [2.45, 2.75) is 19.4 Å². The lowest BCUT2D eigenvalue weighted by molar-refractivity contribution is -0.133. The second kappa shape index (κ2) is 11.3. The first-order valence-electron chi connectivity index (χ1n) is 8.30. The lowest BCUT2D eigenvalue weighted by Gasteiger charge is -2.18. The summed E-state index contributed by atoms with van der Waals surface area (Å²) < 4.78 is 0. The lowest BCUT2D eigenvalue weighted by Crippen LogP contribution is -2.53. The van der Waals surface area contributed by atoms with Gasteiger partial charge in [-0.2, -0.15) is 0 Å². The third kappa shape index (κ3) is 9.26. The van der Waals surface area contributed by atoms with Crippen LogP contribution >= 0.6 is 0 Å². The zero-order valence-electron chi connectivity index (χ0n) is 15.2. The van der Waals surface area contributed by atoms with E-state index in [-0.39, 0.29) is 12.2 Å². The molecule has 154 valence electrons. The van der Waals surface area contributed by atoms with Crippen molar-refractivity contribution in [1.29, 1.82) is 0 Å². The molecule has 6 N–H and O–H groups in total. The number of carbonyl (C=O) groups excluding carboxylic acids is 7. The smallest absolute Gasteiger partial charge is 0.243 e. The standard InChI is InChI=1S/C15H22N6O7/c1-8(22)2-9-15(28)20-6-13(26)18-4-11(24)16-3-10(23)17-5-12(25)19-7-14(27)21-9/h9H,2-7H2,1H3,(H,16,24)(H,17,23)(H,18,26)(H,19,25)(H,20,28)(H,21,27)/t9-/m0/s1. The Hall–Kier alpha value is -3.51. The molecule has 13 heteroatoms. The predicted molar refractivity (Wildman–Crippen MR) is 92.3 cm³/mol. The van der Waals surface area contributed by atoms with Crippen LogP contribution in [0.5, 0.6) is 0 Å². The molecule has 1 aliphatic rings. The third-order valence-electron chi connectivity index (χ3n) is 3.35. The summed E-state index contributed by atoms with van der Waals surface area (Å²) in [6.07, 6.45) is -0.314. The van der Waals surface area contributed by atoms with Crippen LogP contribution in [0.3, 0.4) is 0 Å². The first-order chi connectivity index (χ1) is 13.2. The normalized spacial score (nSPS) is 21.0. The van der Waals surface area contributed by atoms with Crippen LogP contribution < -0.4 is 31.9 Å². The van der Waals surface area contributed by atoms with Crippen molar-refractivity contribution in [2.75, 3.05) is 32.7 Å². The fourth-order valence-corrected chi connectivity index (χ4v) is 2.00. The van der Waals surface area contributed by atoms with Crippen molar-refractivity contribution >= 4 is 41.2 Å². The Balaban J connectivity index is 2.80. The van der Waals surface area contributed by atoms with Crippen molar-refractivity contribution < 1.29 is 33.6 Å². The van der Waals surface area contributed by atoms with Gasteiger partial charge in [-0.1, -0.05) is 0 Å². The molecule has 1 heterocycles. The van der Waals surface area contributed by atoms with Crippen LogP contribution in [0.25, 0.3) is 0 Å². The maximum atomic E-state index is 12.1. The Bertz CT molecular complexity index is 678. The lowest BCUT2D eigenvalue weighted by atomic mass is 10.1. The van der Waals surface area contributed by atoms with E-state index in [1.54, 1.807) is 0 Å². The number of Topliss-reactive ketones (excluding diaryl/α,β-unsaturated/α-hetero) is 1. The van der Waals surface area contributed by atoms with Crippen LogP contribution in [0.15, 0.2) is 0 Å². The minimum atomic E-state index is -1.24. The van der Waals surface area contributed by atoms with E-state index in [0.717, 1.165) is 0 Å².